The third-order valence-corrected chi connectivity index (χ3v) is 6.09. The van der Waals surface area contributed by atoms with Gasteiger partial charge < -0.3 is 20.4 Å². The van der Waals surface area contributed by atoms with Crippen LogP contribution in [-0.4, -0.2) is 42.1 Å². The van der Waals surface area contributed by atoms with Crippen LogP contribution in [0, 0.1) is 0 Å². The minimum Gasteiger partial charge on any atom is -0.339 e. The molecule has 0 unspecified atom stereocenters. The summed E-state index contributed by atoms with van der Waals surface area (Å²) in [7, 11) is 0. The lowest BCUT2D eigenvalue weighted by molar-refractivity contribution is -0.124. The van der Waals surface area contributed by atoms with Crippen molar-refractivity contribution in [2.24, 2.45) is 0 Å². The molecule has 7 heteroatoms. The van der Waals surface area contributed by atoms with Crippen molar-refractivity contribution in [2.45, 2.75) is 18.4 Å². The molecule has 1 spiro atoms. The summed E-state index contributed by atoms with van der Waals surface area (Å²) in [4.78, 5) is 29.2. The van der Waals surface area contributed by atoms with Crippen LogP contribution in [0.4, 0.5) is 16.2 Å². The quantitative estimate of drug-likeness (QED) is 0.769. The van der Waals surface area contributed by atoms with Crippen molar-refractivity contribution in [2.75, 3.05) is 30.0 Å². The van der Waals surface area contributed by atoms with Crippen molar-refractivity contribution in [3.05, 3.63) is 59.1 Å². The number of piperidine rings is 1. The second-order valence-corrected chi connectivity index (χ2v) is 7.71. The number of hydrogen-bond acceptors (Lipinski definition) is 3. The van der Waals surface area contributed by atoms with Crippen LogP contribution in [0.15, 0.2) is 59.1 Å². The van der Waals surface area contributed by atoms with Gasteiger partial charge in [-0.25, -0.2) is 4.79 Å². The van der Waals surface area contributed by atoms with Gasteiger partial charge in [0.2, 0.25) is 5.91 Å². The predicted octanol–water partition coefficient (Wildman–Crippen LogP) is 3.41. The van der Waals surface area contributed by atoms with Gasteiger partial charge in [-0.2, -0.15) is 0 Å². The molecule has 2 fully saturated rings. The van der Waals surface area contributed by atoms with Gasteiger partial charge in [-0.15, -0.1) is 0 Å². The third-order valence-electron chi connectivity index (χ3n) is 5.40. The lowest BCUT2D eigenvalue weighted by Gasteiger charge is -2.43. The molecule has 27 heavy (non-hydrogen) atoms. The molecule has 2 aliphatic rings. The number of amides is 3. The summed E-state index contributed by atoms with van der Waals surface area (Å²) >= 11 is 3.45. The van der Waals surface area contributed by atoms with Crippen molar-refractivity contribution in [3.8, 4) is 0 Å². The average molecular weight is 429 g/mol. The number of urea groups is 1. The fourth-order valence-electron chi connectivity index (χ4n) is 3.87. The molecule has 2 aromatic rings. The van der Waals surface area contributed by atoms with Crippen LogP contribution in [0.3, 0.4) is 0 Å². The van der Waals surface area contributed by atoms with E-state index in [-0.39, 0.29) is 11.9 Å². The topological polar surface area (TPSA) is 64.7 Å². The number of para-hydroxylation sites is 2. The maximum Gasteiger partial charge on any atom is 0.321 e. The van der Waals surface area contributed by atoms with Gasteiger partial charge in [0.05, 0.1) is 12.4 Å². The lowest BCUT2D eigenvalue weighted by Crippen LogP contribution is -2.57. The van der Waals surface area contributed by atoms with Crippen LogP contribution in [0.5, 0.6) is 0 Å². The molecule has 0 aliphatic carbocycles. The van der Waals surface area contributed by atoms with Crippen molar-refractivity contribution < 1.29 is 9.59 Å². The van der Waals surface area contributed by atoms with E-state index in [4.69, 9.17) is 0 Å². The lowest BCUT2D eigenvalue weighted by atomic mass is 9.85. The normalized spacial score (nSPS) is 18.5. The van der Waals surface area contributed by atoms with E-state index in [0.717, 1.165) is 15.8 Å². The van der Waals surface area contributed by atoms with E-state index in [1.54, 1.807) is 4.90 Å². The van der Waals surface area contributed by atoms with Crippen molar-refractivity contribution >= 4 is 39.2 Å². The number of carbonyl (C=O) groups is 2. The Labute approximate surface area is 166 Å². The highest BCUT2D eigenvalue weighted by molar-refractivity contribution is 9.10. The van der Waals surface area contributed by atoms with Crippen LogP contribution in [0.2, 0.25) is 0 Å². The Morgan fingerprint density at radius 1 is 1.04 bits per heavy atom. The van der Waals surface area contributed by atoms with Gasteiger partial charge in [0, 0.05) is 23.2 Å². The number of anilines is 2. The second kappa shape index (κ2) is 7.23. The van der Waals surface area contributed by atoms with Gasteiger partial charge in [0.15, 0.2) is 0 Å². The van der Waals surface area contributed by atoms with Crippen LogP contribution < -0.4 is 15.5 Å². The smallest absolute Gasteiger partial charge is 0.321 e. The van der Waals surface area contributed by atoms with Crippen LogP contribution in [0.25, 0.3) is 0 Å². The molecular formula is C20H21BrN4O2. The summed E-state index contributed by atoms with van der Waals surface area (Å²) in [5.41, 5.74) is 1.19. The summed E-state index contributed by atoms with van der Waals surface area (Å²) in [6.45, 7) is 1.58. The van der Waals surface area contributed by atoms with Crippen molar-refractivity contribution in [1.29, 1.82) is 0 Å². The predicted molar refractivity (Wildman–Crippen MR) is 109 cm³/mol. The zero-order chi connectivity index (χ0) is 18.9. The van der Waals surface area contributed by atoms with E-state index in [9.17, 15) is 9.59 Å². The number of nitrogens with zero attached hydrogens (tertiary/aromatic N) is 2. The van der Waals surface area contributed by atoms with E-state index < -0.39 is 5.54 Å². The SMILES string of the molecule is O=C(Nc1ccccc1Br)N1CCC2(CC1)C(=O)NCN2c1ccccc1. The Hall–Kier alpha value is -2.54. The summed E-state index contributed by atoms with van der Waals surface area (Å²) in [5.74, 6) is 0.0530. The molecule has 0 bridgehead atoms. The molecule has 2 aromatic carbocycles. The minimum absolute atomic E-state index is 0.0530. The maximum atomic E-state index is 12.7. The van der Waals surface area contributed by atoms with E-state index in [1.807, 2.05) is 54.6 Å². The molecule has 6 nitrogen and oxygen atoms in total. The summed E-state index contributed by atoms with van der Waals surface area (Å²) in [6.07, 6.45) is 1.22. The number of likely N-dealkylation sites (tertiary alicyclic amines) is 1. The first-order chi connectivity index (χ1) is 13.1. The van der Waals surface area contributed by atoms with Gasteiger partial charge in [-0.3, -0.25) is 4.79 Å². The Bertz CT molecular complexity index is 850. The first kappa shape index (κ1) is 17.9. The van der Waals surface area contributed by atoms with E-state index in [0.29, 0.717) is 32.6 Å². The molecule has 4 rings (SSSR count). The highest BCUT2D eigenvalue weighted by atomic mass is 79.9. The van der Waals surface area contributed by atoms with Gasteiger partial charge in [-0.1, -0.05) is 30.3 Å². The highest BCUT2D eigenvalue weighted by Gasteiger charge is 2.50. The largest absolute Gasteiger partial charge is 0.339 e. The molecule has 2 aliphatic heterocycles. The molecule has 0 saturated carbocycles. The summed E-state index contributed by atoms with van der Waals surface area (Å²) in [6, 6.07) is 17.4. The Morgan fingerprint density at radius 3 is 2.41 bits per heavy atom. The molecule has 2 heterocycles. The fraction of sp³-hybridized carbons (Fsp3) is 0.300. The van der Waals surface area contributed by atoms with Gasteiger partial charge >= 0.3 is 6.03 Å². The van der Waals surface area contributed by atoms with Gasteiger partial charge in [-0.05, 0) is 53.0 Å². The van der Waals surface area contributed by atoms with E-state index >= 15 is 0 Å². The second-order valence-electron chi connectivity index (χ2n) is 6.86. The number of rotatable bonds is 2. The molecule has 0 atom stereocenters. The first-order valence-electron chi connectivity index (χ1n) is 9.02. The van der Waals surface area contributed by atoms with Crippen LogP contribution >= 0.6 is 15.9 Å². The van der Waals surface area contributed by atoms with E-state index in [1.165, 1.54) is 0 Å². The summed E-state index contributed by atoms with van der Waals surface area (Å²) < 4.78 is 0.845. The Kier molecular flexibility index (Phi) is 4.78. The zero-order valence-electron chi connectivity index (χ0n) is 14.8. The molecular weight excluding hydrogens is 408 g/mol. The van der Waals surface area contributed by atoms with Gasteiger partial charge in [0.1, 0.15) is 5.54 Å². The average Bonchev–Trinajstić information content (AvgIpc) is 3.01. The molecule has 0 radical (unpaired) electrons. The molecule has 2 saturated heterocycles. The number of hydrogen-bond donors (Lipinski definition) is 2. The maximum absolute atomic E-state index is 12.7. The minimum atomic E-state index is -0.578. The van der Waals surface area contributed by atoms with E-state index in [2.05, 4.69) is 31.5 Å². The van der Waals surface area contributed by atoms with Crippen LogP contribution in [0.1, 0.15) is 12.8 Å². The van der Waals surface area contributed by atoms with Gasteiger partial charge in [0.25, 0.3) is 0 Å². The number of halogens is 1. The standard InChI is InChI=1S/C20H21BrN4O2/c21-16-8-4-5-9-17(16)23-19(27)24-12-10-20(11-13-24)18(26)22-14-25(20)15-6-2-1-3-7-15/h1-9H,10-14H2,(H,22,26)(H,23,27). The Balaban J connectivity index is 1.46. The molecule has 140 valence electrons. The van der Waals surface area contributed by atoms with Crippen molar-refractivity contribution in [3.63, 3.8) is 0 Å². The van der Waals surface area contributed by atoms with Crippen molar-refractivity contribution in [1.82, 2.24) is 10.2 Å². The van der Waals surface area contributed by atoms with Crippen LogP contribution in [-0.2, 0) is 4.79 Å². The number of carbonyl (C=O) groups excluding carboxylic acids is 2. The third kappa shape index (κ3) is 3.27. The number of benzene rings is 2. The fourth-order valence-corrected chi connectivity index (χ4v) is 4.25. The molecule has 2 N–H and O–H groups in total. The molecule has 0 aromatic heterocycles. The summed E-state index contributed by atoms with van der Waals surface area (Å²) in [5, 5.41) is 5.92. The zero-order valence-corrected chi connectivity index (χ0v) is 16.4. The first-order valence-corrected chi connectivity index (χ1v) is 9.81. The number of nitrogens with one attached hydrogen (secondary N) is 2. The molecule has 3 amide bonds. The Morgan fingerprint density at radius 2 is 1.70 bits per heavy atom. The highest BCUT2D eigenvalue weighted by Crippen LogP contribution is 2.36. The monoisotopic (exact) mass is 428 g/mol.